The molecule has 1 aliphatic rings. The van der Waals surface area contributed by atoms with Crippen molar-refractivity contribution < 1.29 is 9.53 Å². The summed E-state index contributed by atoms with van der Waals surface area (Å²) < 4.78 is 5.35. The van der Waals surface area contributed by atoms with Gasteiger partial charge in [-0.15, -0.1) is 0 Å². The summed E-state index contributed by atoms with van der Waals surface area (Å²) in [5.74, 6) is 0.617. The Morgan fingerprint density at radius 2 is 2.28 bits per heavy atom. The molecule has 4 nitrogen and oxygen atoms in total. The molecule has 18 heavy (non-hydrogen) atoms. The van der Waals surface area contributed by atoms with Crippen LogP contribution in [0.1, 0.15) is 12.0 Å². The monoisotopic (exact) mass is 248 g/mol. The molecule has 98 valence electrons. The van der Waals surface area contributed by atoms with Crippen LogP contribution in [0.25, 0.3) is 0 Å². The van der Waals surface area contributed by atoms with Gasteiger partial charge in [-0.1, -0.05) is 18.2 Å². The topological polar surface area (TPSA) is 50.4 Å². The van der Waals surface area contributed by atoms with Crippen LogP contribution in [0.5, 0.6) is 0 Å². The van der Waals surface area contributed by atoms with Gasteiger partial charge in [-0.3, -0.25) is 4.79 Å². The maximum Gasteiger partial charge on any atom is 0.224 e. The van der Waals surface area contributed by atoms with E-state index in [0.717, 1.165) is 37.4 Å². The summed E-state index contributed by atoms with van der Waals surface area (Å²) in [6.45, 7) is 2.61. The van der Waals surface area contributed by atoms with E-state index in [2.05, 4.69) is 10.6 Å². The van der Waals surface area contributed by atoms with E-state index in [-0.39, 0.29) is 5.91 Å². The predicted molar refractivity (Wildman–Crippen MR) is 71.6 cm³/mol. The highest BCUT2D eigenvalue weighted by atomic mass is 16.5. The lowest BCUT2D eigenvalue weighted by Crippen LogP contribution is -2.21. The number of likely N-dealkylation sites (N-methyl/N-ethyl adjacent to an activating group) is 1. The fourth-order valence-electron chi connectivity index (χ4n) is 2.11. The lowest BCUT2D eigenvalue weighted by Gasteiger charge is -2.14. The van der Waals surface area contributed by atoms with Gasteiger partial charge in [0, 0.05) is 31.8 Å². The Morgan fingerprint density at radius 1 is 1.44 bits per heavy atom. The molecule has 2 rings (SSSR count). The zero-order valence-electron chi connectivity index (χ0n) is 10.7. The average Bonchev–Trinajstić information content (AvgIpc) is 2.91. The molecule has 0 aromatic heterocycles. The lowest BCUT2D eigenvalue weighted by molar-refractivity contribution is -0.119. The van der Waals surface area contributed by atoms with Crippen molar-refractivity contribution in [3.63, 3.8) is 0 Å². The zero-order valence-corrected chi connectivity index (χ0v) is 10.7. The summed E-state index contributed by atoms with van der Waals surface area (Å²) >= 11 is 0. The van der Waals surface area contributed by atoms with Crippen molar-refractivity contribution in [3.8, 4) is 0 Å². The molecular weight excluding hydrogens is 228 g/mol. The van der Waals surface area contributed by atoms with Crippen LogP contribution in [0.2, 0.25) is 0 Å². The molecule has 1 saturated heterocycles. The molecule has 0 spiro atoms. The maximum absolute atomic E-state index is 11.4. The molecule has 1 aromatic rings. The first-order valence-corrected chi connectivity index (χ1v) is 6.39. The number of benzene rings is 1. The number of carbonyl (C=O) groups is 1. The second-order valence-electron chi connectivity index (χ2n) is 4.62. The largest absolute Gasteiger partial charge is 0.384 e. The Labute approximate surface area is 108 Å². The van der Waals surface area contributed by atoms with Crippen LogP contribution in [0.4, 0.5) is 5.69 Å². The van der Waals surface area contributed by atoms with Gasteiger partial charge in [-0.25, -0.2) is 0 Å². The van der Waals surface area contributed by atoms with Crippen LogP contribution >= 0.6 is 0 Å². The van der Waals surface area contributed by atoms with Crippen LogP contribution < -0.4 is 10.6 Å². The summed E-state index contributed by atoms with van der Waals surface area (Å²) in [5, 5.41) is 6.08. The quantitative estimate of drug-likeness (QED) is 0.828. The van der Waals surface area contributed by atoms with Crippen molar-refractivity contribution in [2.45, 2.75) is 12.8 Å². The number of hydrogen-bond donors (Lipinski definition) is 2. The minimum Gasteiger partial charge on any atom is -0.384 e. The molecule has 4 heteroatoms. The van der Waals surface area contributed by atoms with Crippen molar-refractivity contribution in [2.24, 2.45) is 5.92 Å². The maximum atomic E-state index is 11.4. The third kappa shape index (κ3) is 3.47. The normalized spacial score (nSPS) is 18.6. The Morgan fingerprint density at radius 3 is 3.00 bits per heavy atom. The number of rotatable bonds is 5. The van der Waals surface area contributed by atoms with Crippen molar-refractivity contribution in [3.05, 3.63) is 29.8 Å². The fourth-order valence-corrected chi connectivity index (χ4v) is 2.11. The fraction of sp³-hybridized carbons (Fsp3) is 0.500. The Balaban J connectivity index is 1.95. The predicted octanol–water partition coefficient (Wildman–Crippen LogP) is 1.42. The molecule has 1 aliphatic heterocycles. The number of nitrogens with one attached hydrogen (secondary N) is 2. The van der Waals surface area contributed by atoms with Crippen LogP contribution in [-0.2, 0) is 16.0 Å². The molecule has 1 atom stereocenters. The smallest absolute Gasteiger partial charge is 0.224 e. The van der Waals surface area contributed by atoms with E-state index in [4.69, 9.17) is 4.74 Å². The SMILES string of the molecule is CNC(=O)Cc1ccccc1NCC1CCOC1. The average molecular weight is 248 g/mol. The van der Waals surface area contributed by atoms with Crippen molar-refractivity contribution in [2.75, 3.05) is 32.1 Å². The van der Waals surface area contributed by atoms with Crippen LogP contribution in [-0.4, -0.2) is 32.7 Å². The number of ether oxygens (including phenoxy) is 1. The van der Waals surface area contributed by atoms with Gasteiger partial charge in [0.15, 0.2) is 0 Å². The van der Waals surface area contributed by atoms with Gasteiger partial charge in [0.25, 0.3) is 0 Å². The molecule has 0 bridgehead atoms. The van der Waals surface area contributed by atoms with Crippen molar-refractivity contribution >= 4 is 11.6 Å². The molecule has 0 saturated carbocycles. The van der Waals surface area contributed by atoms with Gasteiger partial charge < -0.3 is 15.4 Å². The van der Waals surface area contributed by atoms with E-state index in [1.54, 1.807) is 7.05 Å². The van der Waals surface area contributed by atoms with Gasteiger partial charge in [0.1, 0.15) is 0 Å². The highest BCUT2D eigenvalue weighted by Crippen LogP contribution is 2.18. The van der Waals surface area contributed by atoms with E-state index in [1.807, 2.05) is 24.3 Å². The van der Waals surface area contributed by atoms with E-state index >= 15 is 0 Å². The minimum absolute atomic E-state index is 0.0356. The second kappa shape index (κ2) is 6.40. The number of amides is 1. The first-order valence-electron chi connectivity index (χ1n) is 6.39. The van der Waals surface area contributed by atoms with Crippen LogP contribution in [0.3, 0.4) is 0 Å². The number of para-hydroxylation sites is 1. The first-order chi connectivity index (χ1) is 8.79. The number of anilines is 1. The van der Waals surface area contributed by atoms with Gasteiger partial charge >= 0.3 is 0 Å². The van der Waals surface area contributed by atoms with E-state index in [1.165, 1.54) is 0 Å². The Kier molecular flexibility index (Phi) is 4.59. The molecular formula is C14H20N2O2. The highest BCUT2D eigenvalue weighted by molar-refractivity contribution is 5.80. The lowest BCUT2D eigenvalue weighted by atomic mass is 10.1. The van der Waals surface area contributed by atoms with Gasteiger partial charge in [0.05, 0.1) is 13.0 Å². The number of hydrogen-bond acceptors (Lipinski definition) is 3. The molecule has 1 heterocycles. The van der Waals surface area contributed by atoms with E-state index in [9.17, 15) is 4.79 Å². The molecule has 2 N–H and O–H groups in total. The Hall–Kier alpha value is -1.55. The van der Waals surface area contributed by atoms with E-state index in [0.29, 0.717) is 12.3 Å². The summed E-state index contributed by atoms with van der Waals surface area (Å²) in [5.41, 5.74) is 2.09. The Bertz CT molecular complexity index is 401. The number of carbonyl (C=O) groups excluding carboxylic acids is 1. The van der Waals surface area contributed by atoms with Crippen LogP contribution in [0, 0.1) is 5.92 Å². The van der Waals surface area contributed by atoms with E-state index < -0.39 is 0 Å². The second-order valence-corrected chi connectivity index (χ2v) is 4.62. The third-order valence-electron chi connectivity index (χ3n) is 3.25. The zero-order chi connectivity index (χ0) is 12.8. The first kappa shape index (κ1) is 12.9. The summed E-state index contributed by atoms with van der Waals surface area (Å²) in [6.07, 6.45) is 1.53. The molecule has 1 aromatic carbocycles. The molecule has 1 fully saturated rings. The minimum atomic E-state index is 0.0356. The van der Waals surface area contributed by atoms with Gasteiger partial charge in [-0.05, 0) is 18.1 Å². The van der Waals surface area contributed by atoms with Gasteiger partial charge in [-0.2, -0.15) is 0 Å². The van der Waals surface area contributed by atoms with Crippen LogP contribution in [0.15, 0.2) is 24.3 Å². The molecule has 0 aliphatic carbocycles. The molecule has 0 radical (unpaired) electrons. The summed E-state index contributed by atoms with van der Waals surface area (Å²) in [6, 6.07) is 7.96. The van der Waals surface area contributed by atoms with Crippen molar-refractivity contribution in [1.29, 1.82) is 0 Å². The summed E-state index contributed by atoms with van der Waals surface area (Å²) in [4.78, 5) is 11.4. The van der Waals surface area contributed by atoms with Crippen molar-refractivity contribution in [1.82, 2.24) is 5.32 Å². The van der Waals surface area contributed by atoms with Gasteiger partial charge in [0.2, 0.25) is 5.91 Å². The summed E-state index contributed by atoms with van der Waals surface area (Å²) in [7, 11) is 1.66. The molecule has 1 amide bonds. The molecule has 1 unspecified atom stereocenters. The third-order valence-corrected chi connectivity index (χ3v) is 3.25. The highest BCUT2D eigenvalue weighted by Gasteiger charge is 2.15. The standard InChI is InChI=1S/C14H20N2O2/c1-15-14(17)8-12-4-2-3-5-13(12)16-9-11-6-7-18-10-11/h2-5,11,16H,6-10H2,1H3,(H,15,17).